The number of carboxylic acid groups (broad SMARTS) is 1. The first-order valence-electron chi connectivity index (χ1n) is 6.39. The summed E-state index contributed by atoms with van der Waals surface area (Å²) in [6.07, 6.45) is 2.62. The molecule has 0 aromatic carbocycles. The number of aliphatic carboxylic acids is 1. The van der Waals surface area contributed by atoms with Crippen molar-refractivity contribution in [2.75, 3.05) is 12.8 Å². The second-order valence-corrected chi connectivity index (χ2v) is 8.77. The molecule has 1 aliphatic carbocycles. The van der Waals surface area contributed by atoms with E-state index >= 15 is 0 Å². The van der Waals surface area contributed by atoms with Gasteiger partial charge in [-0.15, -0.1) is 0 Å². The zero-order chi connectivity index (χ0) is 15.8. The van der Waals surface area contributed by atoms with E-state index in [0.717, 1.165) is 19.1 Å². The van der Waals surface area contributed by atoms with Gasteiger partial charge in [-0.1, -0.05) is 0 Å². The first-order chi connectivity index (χ1) is 8.90. The van der Waals surface area contributed by atoms with E-state index in [1.807, 2.05) is 0 Å². The van der Waals surface area contributed by atoms with Crippen LogP contribution in [0.3, 0.4) is 0 Å². The lowest BCUT2D eigenvalue weighted by molar-refractivity contribution is -0.144. The second kappa shape index (κ2) is 5.23. The van der Waals surface area contributed by atoms with E-state index in [4.69, 9.17) is 0 Å². The van der Waals surface area contributed by atoms with Crippen LogP contribution in [0.4, 0.5) is 4.79 Å². The highest BCUT2D eigenvalue weighted by Crippen LogP contribution is 2.39. The van der Waals surface area contributed by atoms with E-state index in [1.165, 1.54) is 20.8 Å². The monoisotopic (exact) mass is 306 g/mol. The minimum atomic E-state index is -3.32. The lowest BCUT2D eigenvalue weighted by Crippen LogP contribution is -2.58. The molecule has 1 rings (SSSR count). The quantitative estimate of drug-likeness (QED) is 0.656. The predicted octanol–water partition coefficient (Wildman–Crippen LogP) is 0.362. The Morgan fingerprint density at radius 1 is 1.25 bits per heavy atom. The maximum Gasteiger partial charge on any atom is 0.329 e. The molecule has 0 radical (unpaired) electrons. The van der Waals surface area contributed by atoms with Gasteiger partial charge in [0, 0.05) is 12.8 Å². The molecule has 116 valence electrons. The lowest BCUT2D eigenvalue weighted by Gasteiger charge is -2.28. The van der Waals surface area contributed by atoms with Crippen molar-refractivity contribution in [3.05, 3.63) is 0 Å². The summed E-state index contributed by atoms with van der Waals surface area (Å²) in [4.78, 5) is 23.0. The predicted molar refractivity (Wildman–Crippen MR) is 74.2 cm³/mol. The molecule has 0 bridgehead atoms. The van der Waals surface area contributed by atoms with Gasteiger partial charge >= 0.3 is 12.0 Å². The Kier molecular flexibility index (Phi) is 4.38. The number of amides is 2. The van der Waals surface area contributed by atoms with Gasteiger partial charge in [-0.2, -0.15) is 0 Å². The highest BCUT2D eigenvalue weighted by atomic mass is 32.2. The van der Waals surface area contributed by atoms with Crippen molar-refractivity contribution < 1.29 is 23.1 Å². The third kappa shape index (κ3) is 3.62. The van der Waals surface area contributed by atoms with Gasteiger partial charge in [0.2, 0.25) is 0 Å². The van der Waals surface area contributed by atoms with Gasteiger partial charge in [0.15, 0.2) is 9.84 Å². The van der Waals surface area contributed by atoms with Crippen molar-refractivity contribution in [3.63, 3.8) is 0 Å². The molecule has 0 saturated heterocycles. The normalized spacial score (nSPS) is 19.0. The maximum atomic E-state index is 11.8. The minimum Gasteiger partial charge on any atom is -0.480 e. The molecule has 0 aliphatic heterocycles. The SMILES string of the molecule is CC(NC(=O)NCC(C)(C)S(C)(=O)=O)(C(=O)O)C1CC1. The summed E-state index contributed by atoms with van der Waals surface area (Å²) in [5.41, 5.74) is -1.31. The number of urea groups is 1. The summed E-state index contributed by atoms with van der Waals surface area (Å²) in [6.45, 7) is 4.38. The number of nitrogens with one attached hydrogen (secondary N) is 2. The van der Waals surface area contributed by atoms with E-state index in [9.17, 15) is 23.1 Å². The molecule has 1 aliphatic rings. The zero-order valence-corrected chi connectivity index (χ0v) is 13.0. The first kappa shape index (κ1) is 16.7. The maximum absolute atomic E-state index is 11.8. The Bertz CT molecular complexity index is 510. The smallest absolute Gasteiger partial charge is 0.329 e. The van der Waals surface area contributed by atoms with Gasteiger partial charge in [-0.3, -0.25) is 0 Å². The molecule has 1 fully saturated rings. The lowest BCUT2D eigenvalue weighted by atomic mass is 9.96. The summed E-state index contributed by atoms with van der Waals surface area (Å²) in [7, 11) is -3.32. The number of rotatable bonds is 6. The molecule has 0 spiro atoms. The fourth-order valence-corrected chi connectivity index (χ4v) is 2.03. The molecule has 0 heterocycles. The van der Waals surface area contributed by atoms with Gasteiger partial charge < -0.3 is 15.7 Å². The average Bonchev–Trinajstić information content (AvgIpc) is 3.08. The van der Waals surface area contributed by atoms with Crippen LogP contribution in [0.15, 0.2) is 0 Å². The van der Waals surface area contributed by atoms with Crippen LogP contribution in [0.5, 0.6) is 0 Å². The standard InChI is InChI=1S/C12H22N2O5S/c1-11(2,20(4,18)19)7-13-10(17)14-12(3,9(15)16)8-5-6-8/h8H,5-7H2,1-4H3,(H,15,16)(H2,13,14,17). The fourth-order valence-electron chi connectivity index (χ4n) is 1.70. The van der Waals surface area contributed by atoms with Crippen LogP contribution in [0.1, 0.15) is 33.6 Å². The molecule has 7 nitrogen and oxygen atoms in total. The Morgan fingerprint density at radius 3 is 2.10 bits per heavy atom. The molecule has 3 N–H and O–H groups in total. The van der Waals surface area contributed by atoms with Crippen molar-refractivity contribution in [1.82, 2.24) is 10.6 Å². The van der Waals surface area contributed by atoms with E-state index in [2.05, 4.69) is 10.6 Å². The molecule has 0 aromatic rings. The van der Waals surface area contributed by atoms with E-state index < -0.39 is 32.1 Å². The first-order valence-corrected chi connectivity index (χ1v) is 8.28. The Morgan fingerprint density at radius 2 is 1.75 bits per heavy atom. The number of carbonyl (C=O) groups excluding carboxylic acids is 1. The van der Waals surface area contributed by atoms with E-state index in [-0.39, 0.29) is 12.5 Å². The summed E-state index contributed by atoms with van der Waals surface area (Å²) < 4.78 is 21.9. The van der Waals surface area contributed by atoms with Crippen LogP contribution < -0.4 is 10.6 Å². The molecule has 2 amide bonds. The number of carboxylic acids is 1. The Balaban J connectivity index is 2.62. The summed E-state index contributed by atoms with van der Waals surface area (Å²) in [5, 5.41) is 14.1. The van der Waals surface area contributed by atoms with Crippen LogP contribution in [-0.2, 0) is 14.6 Å². The number of hydrogen-bond acceptors (Lipinski definition) is 4. The van der Waals surface area contributed by atoms with Crippen LogP contribution >= 0.6 is 0 Å². The van der Waals surface area contributed by atoms with Crippen molar-refractivity contribution in [2.24, 2.45) is 5.92 Å². The number of sulfone groups is 1. The van der Waals surface area contributed by atoms with E-state index in [0.29, 0.717) is 0 Å². The third-order valence-corrected chi connectivity index (χ3v) is 6.04. The zero-order valence-electron chi connectivity index (χ0n) is 12.2. The Labute approximate surface area is 119 Å². The summed E-state index contributed by atoms with van der Waals surface area (Å²) in [6, 6.07) is -0.668. The number of hydrogen-bond donors (Lipinski definition) is 3. The van der Waals surface area contributed by atoms with Gasteiger partial charge in [0.05, 0.1) is 4.75 Å². The second-order valence-electron chi connectivity index (χ2n) is 6.12. The average molecular weight is 306 g/mol. The van der Waals surface area contributed by atoms with Crippen LogP contribution in [0.2, 0.25) is 0 Å². The third-order valence-electron chi connectivity index (χ3n) is 3.89. The van der Waals surface area contributed by atoms with Crippen molar-refractivity contribution in [3.8, 4) is 0 Å². The molecule has 20 heavy (non-hydrogen) atoms. The van der Waals surface area contributed by atoms with Crippen molar-refractivity contribution in [2.45, 2.75) is 43.9 Å². The molecule has 1 unspecified atom stereocenters. The van der Waals surface area contributed by atoms with Crippen molar-refractivity contribution >= 4 is 21.8 Å². The Hall–Kier alpha value is -1.31. The summed E-state index contributed by atoms with van der Waals surface area (Å²) in [5.74, 6) is -1.16. The molecule has 1 atom stereocenters. The van der Waals surface area contributed by atoms with Gasteiger partial charge in [-0.25, -0.2) is 18.0 Å². The molecular formula is C12H22N2O5S. The topological polar surface area (TPSA) is 113 Å². The van der Waals surface area contributed by atoms with Crippen LogP contribution in [0.25, 0.3) is 0 Å². The van der Waals surface area contributed by atoms with Gasteiger partial charge in [-0.05, 0) is 39.5 Å². The molecular weight excluding hydrogens is 284 g/mol. The van der Waals surface area contributed by atoms with Gasteiger partial charge in [0.25, 0.3) is 0 Å². The highest BCUT2D eigenvalue weighted by molar-refractivity contribution is 7.92. The van der Waals surface area contributed by atoms with Crippen LogP contribution in [-0.4, -0.2) is 48.6 Å². The fraction of sp³-hybridized carbons (Fsp3) is 0.833. The van der Waals surface area contributed by atoms with E-state index in [1.54, 1.807) is 0 Å². The molecule has 1 saturated carbocycles. The number of carbonyl (C=O) groups is 2. The molecule has 8 heteroatoms. The largest absolute Gasteiger partial charge is 0.480 e. The van der Waals surface area contributed by atoms with Gasteiger partial charge in [0.1, 0.15) is 5.54 Å². The van der Waals surface area contributed by atoms with Crippen molar-refractivity contribution in [1.29, 1.82) is 0 Å². The molecule has 0 aromatic heterocycles. The summed E-state index contributed by atoms with van der Waals surface area (Å²) >= 11 is 0. The minimum absolute atomic E-state index is 0.0753. The highest BCUT2D eigenvalue weighted by Gasteiger charge is 2.48. The van der Waals surface area contributed by atoms with Crippen LogP contribution in [0, 0.1) is 5.92 Å².